The lowest BCUT2D eigenvalue weighted by atomic mass is 10.1. The van der Waals surface area contributed by atoms with Crippen LogP contribution in [0.4, 0.5) is 0 Å². The Balaban J connectivity index is 2.16. The minimum Gasteiger partial charge on any atom is -0.497 e. The first-order valence-corrected chi connectivity index (χ1v) is 4.76. The Morgan fingerprint density at radius 1 is 1.40 bits per heavy atom. The van der Waals surface area contributed by atoms with E-state index in [1.807, 2.05) is 24.3 Å². The van der Waals surface area contributed by atoms with E-state index in [4.69, 9.17) is 20.8 Å². The molecule has 0 unspecified atom stereocenters. The topological polar surface area (TPSA) is 48.2 Å². The van der Waals surface area contributed by atoms with E-state index < -0.39 is 0 Å². The third kappa shape index (κ3) is 2.47. The van der Waals surface area contributed by atoms with E-state index in [0.29, 0.717) is 12.3 Å². The Morgan fingerprint density at radius 2 is 2.27 bits per heavy atom. The summed E-state index contributed by atoms with van der Waals surface area (Å²) in [6.45, 7) is 0. The Kier molecular flexibility index (Phi) is 2.87. The molecular formula is C10H9ClN2O2. The van der Waals surface area contributed by atoms with Crippen molar-refractivity contribution in [2.45, 2.75) is 6.42 Å². The summed E-state index contributed by atoms with van der Waals surface area (Å²) in [5.41, 5.74) is 1.04. The number of hydrogen-bond acceptors (Lipinski definition) is 4. The molecule has 0 atom stereocenters. The number of methoxy groups -OCH3 is 1. The van der Waals surface area contributed by atoms with Gasteiger partial charge < -0.3 is 9.15 Å². The summed E-state index contributed by atoms with van der Waals surface area (Å²) in [6.07, 6.45) is 0.552. The van der Waals surface area contributed by atoms with Crippen LogP contribution in [0.2, 0.25) is 5.35 Å². The minimum atomic E-state index is 0.0629. The van der Waals surface area contributed by atoms with E-state index in [1.54, 1.807) is 7.11 Å². The van der Waals surface area contributed by atoms with Gasteiger partial charge in [0.15, 0.2) is 0 Å². The molecule has 0 radical (unpaired) electrons. The quantitative estimate of drug-likeness (QED) is 0.803. The first kappa shape index (κ1) is 9.98. The fourth-order valence-corrected chi connectivity index (χ4v) is 1.39. The van der Waals surface area contributed by atoms with E-state index in [0.717, 1.165) is 11.3 Å². The van der Waals surface area contributed by atoms with Gasteiger partial charge in [0.2, 0.25) is 5.89 Å². The average Bonchev–Trinajstić information content (AvgIpc) is 2.64. The van der Waals surface area contributed by atoms with E-state index in [9.17, 15) is 0 Å². The van der Waals surface area contributed by atoms with Gasteiger partial charge in [-0.1, -0.05) is 17.2 Å². The molecule has 0 aliphatic heterocycles. The second kappa shape index (κ2) is 4.31. The van der Waals surface area contributed by atoms with Crippen molar-refractivity contribution in [1.82, 2.24) is 10.2 Å². The van der Waals surface area contributed by atoms with Gasteiger partial charge in [0, 0.05) is 0 Å². The van der Waals surface area contributed by atoms with Crippen molar-refractivity contribution in [3.8, 4) is 5.75 Å². The third-order valence-corrected chi connectivity index (χ3v) is 2.08. The van der Waals surface area contributed by atoms with Gasteiger partial charge in [-0.25, -0.2) is 0 Å². The van der Waals surface area contributed by atoms with Crippen molar-refractivity contribution < 1.29 is 9.15 Å². The molecule has 0 aliphatic rings. The standard InChI is InChI=1S/C10H9ClN2O2/c1-14-8-4-2-3-7(5-8)6-9-12-13-10(11)15-9/h2-5H,6H2,1H3. The summed E-state index contributed by atoms with van der Waals surface area (Å²) in [4.78, 5) is 0. The molecule has 15 heavy (non-hydrogen) atoms. The molecule has 0 saturated carbocycles. The SMILES string of the molecule is COc1cccc(Cc2nnc(Cl)o2)c1. The molecule has 2 rings (SSSR count). The molecule has 0 N–H and O–H groups in total. The largest absolute Gasteiger partial charge is 0.497 e. The first-order valence-electron chi connectivity index (χ1n) is 4.39. The van der Waals surface area contributed by atoms with Crippen LogP contribution >= 0.6 is 11.6 Å². The zero-order valence-electron chi connectivity index (χ0n) is 8.11. The Hall–Kier alpha value is -1.55. The van der Waals surface area contributed by atoms with Crippen LogP contribution in [0.1, 0.15) is 11.5 Å². The second-order valence-corrected chi connectivity index (χ2v) is 3.30. The van der Waals surface area contributed by atoms with Crippen molar-refractivity contribution >= 4 is 11.6 Å². The molecule has 1 aromatic heterocycles. The Labute approximate surface area is 91.8 Å². The van der Waals surface area contributed by atoms with Crippen LogP contribution in [-0.2, 0) is 6.42 Å². The lowest BCUT2D eigenvalue weighted by Gasteiger charge is -2.01. The van der Waals surface area contributed by atoms with Gasteiger partial charge in [0.05, 0.1) is 13.5 Å². The molecule has 0 amide bonds. The summed E-state index contributed by atoms with van der Waals surface area (Å²) in [5, 5.41) is 7.41. The molecule has 2 aromatic rings. The van der Waals surface area contributed by atoms with Crippen molar-refractivity contribution in [1.29, 1.82) is 0 Å². The molecular weight excluding hydrogens is 216 g/mol. The van der Waals surface area contributed by atoms with Crippen molar-refractivity contribution in [3.63, 3.8) is 0 Å². The van der Waals surface area contributed by atoms with Crippen molar-refractivity contribution in [2.24, 2.45) is 0 Å². The highest BCUT2D eigenvalue weighted by Gasteiger charge is 2.05. The highest BCUT2D eigenvalue weighted by atomic mass is 35.5. The lowest BCUT2D eigenvalue weighted by molar-refractivity contribution is 0.414. The van der Waals surface area contributed by atoms with Gasteiger partial charge in [-0.3, -0.25) is 0 Å². The summed E-state index contributed by atoms with van der Waals surface area (Å²) in [5.74, 6) is 1.30. The number of halogens is 1. The van der Waals surface area contributed by atoms with Crippen LogP contribution in [-0.4, -0.2) is 17.3 Å². The average molecular weight is 225 g/mol. The van der Waals surface area contributed by atoms with E-state index in [2.05, 4.69) is 10.2 Å². The first-order chi connectivity index (χ1) is 7.28. The van der Waals surface area contributed by atoms with Crippen LogP contribution in [0.25, 0.3) is 0 Å². The predicted octanol–water partition coefficient (Wildman–Crippen LogP) is 2.32. The fourth-order valence-electron chi connectivity index (χ4n) is 1.26. The molecule has 0 fully saturated rings. The van der Waals surface area contributed by atoms with Crippen LogP contribution in [0, 0.1) is 0 Å². The normalized spacial score (nSPS) is 10.3. The Morgan fingerprint density at radius 3 is 2.93 bits per heavy atom. The van der Waals surface area contributed by atoms with Crippen molar-refractivity contribution in [2.75, 3.05) is 7.11 Å². The molecule has 5 heteroatoms. The van der Waals surface area contributed by atoms with Crippen LogP contribution < -0.4 is 4.74 Å². The molecule has 0 bridgehead atoms. The predicted molar refractivity (Wildman–Crippen MR) is 55.1 cm³/mol. The third-order valence-electron chi connectivity index (χ3n) is 1.93. The number of hydrogen-bond donors (Lipinski definition) is 0. The zero-order valence-corrected chi connectivity index (χ0v) is 8.86. The number of nitrogens with zero attached hydrogens (tertiary/aromatic N) is 2. The number of rotatable bonds is 3. The van der Waals surface area contributed by atoms with E-state index in [-0.39, 0.29) is 5.35 Å². The molecule has 4 nitrogen and oxygen atoms in total. The highest BCUT2D eigenvalue weighted by molar-refractivity contribution is 6.27. The highest BCUT2D eigenvalue weighted by Crippen LogP contribution is 2.16. The smallest absolute Gasteiger partial charge is 0.312 e. The maximum absolute atomic E-state index is 5.52. The lowest BCUT2D eigenvalue weighted by Crippen LogP contribution is -1.90. The van der Waals surface area contributed by atoms with Gasteiger partial charge in [-0.15, -0.1) is 5.10 Å². The van der Waals surface area contributed by atoms with E-state index in [1.165, 1.54) is 0 Å². The summed E-state index contributed by atoms with van der Waals surface area (Å²) >= 11 is 5.52. The maximum Gasteiger partial charge on any atom is 0.312 e. The van der Waals surface area contributed by atoms with Gasteiger partial charge >= 0.3 is 5.35 Å². The van der Waals surface area contributed by atoms with Gasteiger partial charge in [-0.2, -0.15) is 0 Å². The van der Waals surface area contributed by atoms with Gasteiger partial charge in [0.25, 0.3) is 0 Å². The summed E-state index contributed by atoms with van der Waals surface area (Å²) < 4.78 is 10.2. The van der Waals surface area contributed by atoms with Crippen LogP contribution in [0.5, 0.6) is 5.75 Å². The van der Waals surface area contributed by atoms with Crippen LogP contribution in [0.3, 0.4) is 0 Å². The number of benzene rings is 1. The summed E-state index contributed by atoms with van der Waals surface area (Å²) in [6, 6.07) is 7.66. The molecule has 0 saturated heterocycles. The fraction of sp³-hybridized carbons (Fsp3) is 0.200. The van der Waals surface area contributed by atoms with Crippen molar-refractivity contribution in [3.05, 3.63) is 41.1 Å². The summed E-state index contributed by atoms with van der Waals surface area (Å²) in [7, 11) is 1.63. The monoisotopic (exact) mass is 224 g/mol. The van der Waals surface area contributed by atoms with Crippen LogP contribution in [0.15, 0.2) is 28.7 Å². The molecule has 0 spiro atoms. The Bertz CT molecular complexity index is 456. The molecule has 78 valence electrons. The molecule has 1 aromatic carbocycles. The number of ether oxygens (including phenoxy) is 1. The number of aromatic nitrogens is 2. The van der Waals surface area contributed by atoms with Gasteiger partial charge in [-0.05, 0) is 29.3 Å². The molecule has 0 aliphatic carbocycles. The van der Waals surface area contributed by atoms with E-state index >= 15 is 0 Å². The van der Waals surface area contributed by atoms with Gasteiger partial charge in [0.1, 0.15) is 5.75 Å². The maximum atomic E-state index is 5.52. The zero-order chi connectivity index (χ0) is 10.7. The molecule has 1 heterocycles. The minimum absolute atomic E-state index is 0.0629. The second-order valence-electron chi connectivity index (χ2n) is 2.98.